The van der Waals surface area contributed by atoms with Crippen molar-refractivity contribution in [3.8, 4) is 5.75 Å². The van der Waals surface area contributed by atoms with Crippen molar-refractivity contribution in [2.45, 2.75) is 13.0 Å². The van der Waals surface area contributed by atoms with Gasteiger partial charge in [-0.15, -0.1) is 0 Å². The van der Waals surface area contributed by atoms with E-state index in [1.165, 1.54) is 6.07 Å². The van der Waals surface area contributed by atoms with Gasteiger partial charge in [0, 0.05) is 13.1 Å². The van der Waals surface area contributed by atoms with Gasteiger partial charge in [0.15, 0.2) is 11.6 Å². The van der Waals surface area contributed by atoms with Crippen molar-refractivity contribution in [2.24, 2.45) is 0 Å². The number of halogens is 1. The number of para-hydroxylation sites is 1. The van der Waals surface area contributed by atoms with Gasteiger partial charge in [0.1, 0.15) is 6.61 Å². The molecule has 1 aromatic carbocycles. The first-order chi connectivity index (χ1) is 7.59. The zero-order valence-electron chi connectivity index (χ0n) is 9.69. The molecule has 0 bridgehead atoms. The average molecular weight is 227 g/mol. The monoisotopic (exact) mass is 227 g/mol. The first-order valence-electron chi connectivity index (χ1n) is 5.33. The second kappa shape index (κ2) is 6.45. The minimum atomic E-state index is -0.363. The van der Waals surface area contributed by atoms with E-state index in [4.69, 9.17) is 9.84 Å². The molecule has 0 aromatic heterocycles. The Morgan fingerprint density at radius 1 is 1.44 bits per heavy atom. The first kappa shape index (κ1) is 12.9. The summed E-state index contributed by atoms with van der Waals surface area (Å²) < 4.78 is 18.4. The highest BCUT2D eigenvalue weighted by Gasteiger charge is 2.04. The molecule has 1 rings (SSSR count). The summed E-state index contributed by atoms with van der Waals surface area (Å²) in [5.74, 6) is -0.0753. The van der Waals surface area contributed by atoms with Crippen molar-refractivity contribution in [1.82, 2.24) is 4.90 Å². The fraction of sp³-hybridized carbons (Fsp3) is 0.500. The minimum absolute atomic E-state index is 0.271. The molecule has 16 heavy (non-hydrogen) atoms. The maximum absolute atomic E-state index is 13.1. The van der Waals surface area contributed by atoms with Gasteiger partial charge in [-0.25, -0.2) is 4.39 Å². The van der Waals surface area contributed by atoms with Crippen LogP contribution in [0.5, 0.6) is 5.75 Å². The van der Waals surface area contributed by atoms with Gasteiger partial charge < -0.3 is 14.7 Å². The molecule has 3 nitrogen and oxygen atoms in total. The Bertz CT molecular complexity index is 318. The van der Waals surface area contributed by atoms with Crippen LogP contribution in [0.25, 0.3) is 0 Å². The molecule has 0 saturated heterocycles. The normalized spacial score (nSPS) is 12.8. The summed E-state index contributed by atoms with van der Waals surface area (Å²) in [5, 5.41) is 9.14. The van der Waals surface area contributed by atoms with Crippen LogP contribution in [0.3, 0.4) is 0 Å². The number of aliphatic hydroxyl groups excluding tert-OH is 1. The maximum Gasteiger partial charge on any atom is 0.165 e. The molecule has 0 aliphatic rings. The molecule has 4 heteroatoms. The van der Waals surface area contributed by atoms with Gasteiger partial charge in [0.05, 0.1) is 6.10 Å². The predicted molar refractivity (Wildman–Crippen MR) is 61.1 cm³/mol. The number of rotatable bonds is 6. The molecule has 0 aliphatic carbocycles. The number of ether oxygens (including phenoxy) is 1. The maximum atomic E-state index is 13.1. The number of benzene rings is 1. The fourth-order valence-electron chi connectivity index (χ4n) is 1.42. The molecule has 0 heterocycles. The van der Waals surface area contributed by atoms with Gasteiger partial charge in [-0.05, 0) is 26.1 Å². The molecular weight excluding hydrogens is 209 g/mol. The Kier molecular flexibility index (Phi) is 5.22. The van der Waals surface area contributed by atoms with E-state index in [1.54, 1.807) is 25.1 Å². The van der Waals surface area contributed by atoms with Gasteiger partial charge >= 0.3 is 0 Å². The third kappa shape index (κ3) is 4.59. The van der Waals surface area contributed by atoms with Crippen molar-refractivity contribution in [1.29, 1.82) is 0 Å². The van der Waals surface area contributed by atoms with Crippen LogP contribution in [0, 0.1) is 5.82 Å². The van der Waals surface area contributed by atoms with Crippen LogP contribution in [0.4, 0.5) is 4.39 Å². The van der Waals surface area contributed by atoms with E-state index in [0.717, 1.165) is 0 Å². The fourth-order valence-corrected chi connectivity index (χ4v) is 1.42. The van der Waals surface area contributed by atoms with Crippen LogP contribution in [0.15, 0.2) is 24.3 Å². The highest BCUT2D eigenvalue weighted by atomic mass is 19.1. The molecule has 0 saturated carbocycles. The number of nitrogens with zero attached hydrogens (tertiary/aromatic N) is 1. The molecule has 90 valence electrons. The van der Waals surface area contributed by atoms with Crippen LogP contribution >= 0.6 is 0 Å². The lowest BCUT2D eigenvalue weighted by atomic mass is 10.3. The van der Waals surface area contributed by atoms with Crippen LogP contribution in [0.2, 0.25) is 0 Å². The van der Waals surface area contributed by atoms with E-state index < -0.39 is 0 Å². The van der Waals surface area contributed by atoms with E-state index in [0.29, 0.717) is 19.7 Å². The Morgan fingerprint density at radius 2 is 2.12 bits per heavy atom. The molecular formula is C12H18FNO2. The van der Waals surface area contributed by atoms with E-state index in [9.17, 15) is 4.39 Å². The van der Waals surface area contributed by atoms with Crippen molar-refractivity contribution in [2.75, 3.05) is 26.7 Å². The summed E-state index contributed by atoms with van der Waals surface area (Å²) in [4.78, 5) is 1.94. The summed E-state index contributed by atoms with van der Waals surface area (Å²) in [6.07, 6.45) is -0.363. The van der Waals surface area contributed by atoms with E-state index in [-0.39, 0.29) is 17.7 Å². The molecule has 0 fully saturated rings. The molecule has 0 radical (unpaired) electrons. The van der Waals surface area contributed by atoms with Gasteiger partial charge in [0.2, 0.25) is 0 Å². The van der Waals surface area contributed by atoms with Crippen LogP contribution < -0.4 is 4.74 Å². The Balaban J connectivity index is 2.28. The lowest BCUT2D eigenvalue weighted by molar-refractivity contribution is 0.130. The second-order valence-corrected chi connectivity index (χ2v) is 3.89. The van der Waals surface area contributed by atoms with Crippen molar-refractivity contribution >= 4 is 0 Å². The Hall–Kier alpha value is -1.13. The standard InChI is InChI=1S/C12H18FNO2/c1-10(15)9-14(2)7-8-16-12-6-4-3-5-11(12)13/h3-6,10,15H,7-9H2,1-2H3. The number of hydrogen-bond acceptors (Lipinski definition) is 3. The summed E-state index contributed by atoms with van der Waals surface area (Å²) in [7, 11) is 1.89. The lowest BCUT2D eigenvalue weighted by Gasteiger charge is -2.18. The van der Waals surface area contributed by atoms with E-state index in [2.05, 4.69) is 0 Å². The molecule has 0 spiro atoms. The molecule has 0 aliphatic heterocycles. The van der Waals surface area contributed by atoms with E-state index in [1.807, 2.05) is 11.9 Å². The second-order valence-electron chi connectivity index (χ2n) is 3.89. The topological polar surface area (TPSA) is 32.7 Å². The summed E-state index contributed by atoms with van der Waals surface area (Å²) >= 11 is 0. The number of aliphatic hydroxyl groups is 1. The van der Waals surface area contributed by atoms with Crippen molar-refractivity contribution in [3.05, 3.63) is 30.1 Å². The number of likely N-dealkylation sites (N-methyl/N-ethyl adjacent to an activating group) is 1. The van der Waals surface area contributed by atoms with Gasteiger partial charge in [-0.2, -0.15) is 0 Å². The Morgan fingerprint density at radius 3 is 2.75 bits per heavy atom. The average Bonchev–Trinajstić information content (AvgIpc) is 2.19. The summed E-state index contributed by atoms with van der Waals surface area (Å²) in [6, 6.07) is 6.33. The first-order valence-corrected chi connectivity index (χ1v) is 5.33. The highest BCUT2D eigenvalue weighted by molar-refractivity contribution is 5.23. The van der Waals surface area contributed by atoms with Gasteiger partial charge in [0.25, 0.3) is 0 Å². The summed E-state index contributed by atoms with van der Waals surface area (Å²) in [6.45, 7) is 3.37. The smallest absolute Gasteiger partial charge is 0.165 e. The third-order valence-corrected chi connectivity index (χ3v) is 2.14. The van der Waals surface area contributed by atoms with Gasteiger partial charge in [-0.3, -0.25) is 0 Å². The molecule has 1 unspecified atom stereocenters. The zero-order valence-corrected chi connectivity index (χ0v) is 9.69. The van der Waals surface area contributed by atoms with E-state index >= 15 is 0 Å². The lowest BCUT2D eigenvalue weighted by Crippen LogP contribution is -2.30. The largest absolute Gasteiger partial charge is 0.489 e. The molecule has 0 amide bonds. The van der Waals surface area contributed by atoms with Crippen molar-refractivity contribution in [3.63, 3.8) is 0 Å². The number of hydrogen-bond donors (Lipinski definition) is 1. The molecule has 1 atom stereocenters. The highest BCUT2D eigenvalue weighted by Crippen LogP contribution is 2.14. The van der Waals surface area contributed by atoms with Gasteiger partial charge in [-0.1, -0.05) is 12.1 Å². The van der Waals surface area contributed by atoms with Crippen LogP contribution in [-0.2, 0) is 0 Å². The SMILES string of the molecule is CC(O)CN(C)CCOc1ccccc1F. The Labute approximate surface area is 95.5 Å². The quantitative estimate of drug-likeness (QED) is 0.799. The van der Waals surface area contributed by atoms with Crippen LogP contribution in [-0.4, -0.2) is 42.9 Å². The van der Waals surface area contributed by atoms with Crippen LogP contribution in [0.1, 0.15) is 6.92 Å². The zero-order chi connectivity index (χ0) is 12.0. The third-order valence-electron chi connectivity index (χ3n) is 2.14. The molecule has 1 N–H and O–H groups in total. The minimum Gasteiger partial charge on any atom is -0.489 e. The summed E-state index contributed by atoms with van der Waals surface area (Å²) in [5.41, 5.74) is 0. The molecule has 1 aromatic rings. The predicted octanol–water partition coefficient (Wildman–Crippen LogP) is 1.52. The van der Waals surface area contributed by atoms with Crippen molar-refractivity contribution < 1.29 is 14.2 Å².